The summed E-state index contributed by atoms with van der Waals surface area (Å²) in [6.45, 7) is 8.22. The first kappa shape index (κ1) is 22.7. The standard InChI is InChI=1S/C26H30N6OS/c1-20-24(17-31-11-13-32(14-12-31)25-16-27-9-10-28-25)26(29-30(20)2)22-7-5-21(6-8-22)18-33-19-23-4-3-15-34-23/h3-10,15-16H,11-14,17-19H2,1-2H3. The van der Waals surface area contributed by atoms with Gasteiger partial charge in [-0.2, -0.15) is 5.10 Å². The highest BCUT2D eigenvalue weighted by Gasteiger charge is 2.22. The van der Waals surface area contributed by atoms with Crippen LogP contribution in [0.2, 0.25) is 0 Å². The molecule has 1 fully saturated rings. The zero-order chi connectivity index (χ0) is 23.3. The largest absolute Gasteiger partial charge is 0.371 e. The van der Waals surface area contributed by atoms with E-state index in [0.717, 1.165) is 49.8 Å². The molecule has 0 N–H and O–H groups in total. The second-order valence-corrected chi connectivity index (χ2v) is 9.66. The Bertz CT molecular complexity index is 1180. The molecule has 3 aromatic heterocycles. The Morgan fingerprint density at radius 1 is 1.00 bits per heavy atom. The van der Waals surface area contributed by atoms with Gasteiger partial charge in [-0.3, -0.25) is 14.6 Å². The lowest BCUT2D eigenvalue weighted by atomic mass is 10.0. The lowest BCUT2D eigenvalue weighted by Crippen LogP contribution is -2.46. The SMILES string of the molecule is Cc1c(CN2CCN(c3cnccn3)CC2)c(-c2ccc(COCc3cccs3)cc2)nn1C. The molecule has 0 unspecified atom stereocenters. The molecule has 0 spiro atoms. The third-order valence-electron chi connectivity index (χ3n) is 6.41. The van der Waals surface area contributed by atoms with Gasteiger partial charge in [0.1, 0.15) is 5.82 Å². The summed E-state index contributed by atoms with van der Waals surface area (Å²) < 4.78 is 7.87. The van der Waals surface area contributed by atoms with E-state index in [9.17, 15) is 0 Å². The van der Waals surface area contributed by atoms with Gasteiger partial charge < -0.3 is 9.64 Å². The highest BCUT2D eigenvalue weighted by Crippen LogP contribution is 2.27. The van der Waals surface area contributed by atoms with Crippen LogP contribution in [0.3, 0.4) is 0 Å². The van der Waals surface area contributed by atoms with Gasteiger partial charge in [0.2, 0.25) is 0 Å². The fourth-order valence-corrected chi connectivity index (χ4v) is 4.95. The first-order chi connectivity index (χ1) is 16.7. The Balaban J connectivity index is 1.23. The van der Waals surface area contributed by atoms with Crippen LogP contribution in [0.15, 0.2) is 60.4 Å². The van der Waals surface area contributed by atoms with Crippen LogP contribution in [-0.4, -0.2) is 50.8 Å². The van der Waals surface area contributed by atoms with Crippen LogP contribution in [0.4, 0.5) is 5.82 Å². The summed E-state index contributed by atoms with van der Waals surface area (Å²) in [5, 5.41) is 6.95. The minimum atomic E-state index is 0.613. The number of rotatable bonds is 8. The molecular weight excluding hydrogens is 444 g/mol. The molecule has 7 nitrogen and oxygen atoms in total. The lowest BCUT2D eigenvalue weighted by Gasteiger charge is -2.35. The number of thiophene rings is 1. The van der Waals surface area contributed by atoms with Crippen LogP contribution in [-0.2, 0) is 31.5 Å². The van der Waals surface area contributed by atoms with E-state index in [4.69, 9.17) is 9.84 Å². The predicted molar refractivity (Wildman–Crippen MR) is 136 cm³/mol. The minimum Gasteiger partial charge on any atom is -0.371 e. The average molecular weight is 475 g/mol. The van der Waals surface area contributed by atoms with E-state index in [2.05, 4.69) is 68.5 Å². The summed E-state index contributed by atoms with van der Waals surface area (Å²) in [6, 6.07) is 12.8. The van der Waals surface area contributed by atoms with Crippen molar-refractivity contribution in [2.75, 3.05) is 31.1 Å². The van der Waals surface area contributed by atoms with Gasteiger partial charge in [0.05, 0.1) is 25.1 Å². The molecule has 0 bridgehead atoms. The van der Waals surface area contributed by atoms with E-state index in [1.165, 1.54) is 21.7 Å². The predicted octanol–water partition coefficient (Wildman–Crippen LogP) is 4.29. The van der Waals surface area contributed by atoms with Crippen molar-refractivity contribution in [3.63, 3.8) is 0 Å². The molecule has 1 saturated heterocycles. The van der Waals surface area contributed by atoms with Gasteiger partial charge in [-0.25, -0.2) is 4.98 Å². The minimum absolute atomic E-state index is 0.613. The molecule has 0 radical (unpaired) electrons. The maximum Gasteiger partial charge on any atom is 0.147 e. The van der Waals surface area contributed by atoms with Crippen molar-refractivity contribution in [1.29, 1.82) is 0 Å². The lowest BCUT2D eigenvalue weighted by molar-refractivity contribution is 0.109. The van der Waals surface area contributed by atoms with Crippen LogP contribution in [0.1, 0.15) is 21.7 Å². The van der Waals surface area contributed by atoms with Crippen molar-refractivity contribution in [2.24, 2.45) is 7.05 Å². The molecule has 176 valence electrons. The van der Waals surface area contributed by atoms with E-state index in [1.807, 2.05) is 17.9 Å². The normalized spacial score (nSPS) is 14.6. The van der Waals surface area contributed by atoms with Gasteiger partial charge >= 0.3 is 0 Å². The number of ether oxygens (including phenoxy) is 1. The smallest absolute Gasteiger partial charge is 0.147 e. The molecule has 0 amide bonds. The molecule has 0 aliphatic carbocycles. The molecule has 4 aromatic rings. The first-order valence-electron chi connectivity index (χ1n) is 11.6. The highest BCUT2D eigenvalue weighted by molar-refractivity contribution is 7.09. The summed E-state index contributed by atoms with van der Waals surface area (Å²) >= 11 is 1.73. The summed E-state index contributed by atoms with van der Waals surface area (Å²) in [7, 11) is 2.03. The van der Waals surface area contributed by atoms with Crippen molar-refractivity contribution in [3.8, 4) is 11.3 Å². The molecule has 0 atom stereocenters. The number of nitrogens with zero attached hydrogens (tertiary/aromatic N) is 6. The Morgan fingerprint density at radius 3 is 2.53 bits per heavy atom. The van der Waals surface area contributed by atoms with Crippen molar-refractivity contribution >= 4 is 17.2 Å². The Morgan fingerprint density at radius 2 is 1.82 bits per heavy atom. The molecule has 8 heteroatoms. The number of benzene rings is 1. The first-order valence-corrected chi connectivity index (χ1v) is 12.5. The Kier molecular flexibility index (Phi) is 6.99. The van der Waals surface area contributed by atoms with Gasteiger partial charge in [-0.15, -0.1) is 11.3 Å². The Labute approximate surface area is 204 Å². The second-order valence-electron chi connectivity index (χ2n) is 8.63. The third-order valence-corrected chi connectivity index (χ3v) is 7.26. The number of hydrogen-bond donors (Lipinski definition) is 0. The molecule has 1 aliphatic rings. The summed E-state index contributed by atoms with van der Waals surface area (Å²) in [4.78, 5) is 14.7. The van der Waals surface area contributed by atoms with Crippen molar-refractivity contribution in [1.82, 2.24) is 24.6 Å². The van der Waals surface area contributed by atoms with Crippen LogP contribution in [0.5, 0.6) is 0 Å². The van der Waals surface area contributed by atoms with Crippen molar-refractivity contribution in [2.45, 2.75) is 26.7 Å². The van der Waals surface area contributed by atoms with E-state index in [0.29, 0.717) is 13.2 Å². The fourth-order valence-electron chi connectivity index (χ4n) is 4.31. The van der Waals surface area contributed by atoms with Crippen LogP contribution < -0.4 is 4.90 Å². The van der Waals surface area contributed by atoms with Crippen molar-refractivity contribution in [3.05, 3.63) is 82.1 Å². The van der Waals surface area contributed by atoms with Gasteiger partial charge in [0, 0.05) is 73.9 Å². The quantitative estimate of drug-likeness (QED) is 0.380. The number of aryl methyl sites for hydroxylation is 1. The zero-order valence-corrected chi connectivity index (χ0v) is 20.5. The molecule has 4 heterocycles. The topological polar surface area (TPSA) is 59.3 Å². The number of piperazine rings is 1. The van der Waals surface area contributed by atoms with Gasteiger partial charge in [0.15, 0.2) is 0 Å². The maximum absolute atomic E-state index is 5.87. The molecule has 0 saturated carbocycles. The fraction of sp³-hybridized carbons (Fsp3) is 0.346. The number of anilines is 1. The number of aromatic nitrogens is 4. The highest BCUT2D eigenvalue weighted by atomic mass is 32.1. The van der Waals surface area contributed by atoms with E-state index in [-0.39, 0.29) is 0 Å². The second kappa shape index (κ2) is 10.5. The summed E-state index contributed by atoms with van der Waals surface area (Å²) in [5.41, 5.74) is 5.92. The summed E-state index contributed by atoms with van der Waals surface area (Å²) in [6.07, 6.45) is 5.32. The van der Waals surface area contributed by atoms with E-state index >= 15 is 0 Å². The zero-order valence-electron chi connectivity index (χ0n) is 19.7. The van der Waals surface area contributed by atoms with Crippen LogP contribution in [0.25, 0.3) is 11.3 Å². The monoisotopic (exact) mass is 474 g/mol. The van der Waals surface area contributed by atoms with Gasteiger partial charge in [0.25, 0.3) is 0 Å². The molecular formula is C26H30N6OS. The molecule has 1 aliphatic heterocycles. The van der Waals surface area contributed by atoms with E-state index in [1.54, 1.807) is 23.7 Å². The molecule has 1 aromatic carbocycles. The molecule has 34 heavy (non-hydrogen) atoms. The summed E-state index contributed by atoms with van der Waals surface area (Å²) in [5.74, 6) is 0.958. The van der Waals surface area contributed by atoms with E-state index < -0.39 is 0 Å². The Hall–Kier alpha value is -3.07. The third kappa shape index (κ3) is 5.19. The molecule has 5 rings (SSSR count). The number of hydrogen-bond acceptors (Lipinski definition) is 7. The van der Waals surface area contributed by atoms with Crippen LogP contribution in [0, 0.1) is 6.92 Å². The van der Waals surface area contributed by atoms with Gasteiger partial charge in [-0.1, -0.05) is 30.3 Å². The van der Waals surface area contributed by atoms with Crippen LogP contribution >= 0.6 is 11.3 Å². The van der Waals surface area contributed by atoms with Crippen molar-refractivity contribution < 1.29 is 4.74 Å². The maximum atomic E-state index is 5.87. The average Bonchev–Trinajstić information content (AvgIpc) is 3.49. The van der Waals surface area contributed by atoms with Gasteiger partial charge in [-0.05, 0) is 23.9 Å².